The predicted molar refractivity (Wildman–Crippen MR) is 60.9 cm³/mol. The van der Waals surface area contributed by atoms with E-state index in [4.69, 9.17) is 5.84 Å². The lowest BCUT2D eigenvalue weighted by Gasteiger charge is -2.26. The molecule has 2 amide bonds. The van der Waals surface area contributed by atoms with Crippen LogP contribution >= 0.6 is 0 Å². The molecule has 4 N–H and O–H groups in total. The molecule has 7 nitrogen and oxygen atoms in total. The number of aromatic nitrogens is 1. The normalized spacial score (nSPS) is 15.2. The average Bonchev–Trinajstić information content (AvgIpc) is 2.38. The lowest BCUT2D eigenvalue weighted by atomic mass is 10.2. The third-order valence-electron chi connectivity index (χ3n) is 2.58. The Balaban J connectivity index is 2.25. The molecule has 0 bridgehead atoms. The van der Waals surface area contributed by atoms with Crippen LogP contribution < -0.4 is 16.6 Å². The lowest BCUT2D eigenvalue weighted by molar-refractivity contribution is -0.123. The number of halogens is 1. The molecular weight excluding hydrogens is 241 g/mol. The summed E-state index contributed by atoms with van der Waals surface area (Å²) in [4.78, 5) is 28.1. The third-order valence-corrected chi connectivity index (χ3v) is 2.58. The molecule has 1 aliphatic rings. The first-order valence-electron chi connectivity index (χ1n) is 5.30. The Morgan fingerprint density at radius 3 is 3.06 bits per heavy atom. The van der Waals surface area contributed by atoms with Crippen LogP contribution in [0.15, 0.2) is 12.3 Å². The summed E-state index contributed by atoms with van der Waals surface area (Å²) in [6, 6.07) is 1.25. The van der Waals surface area contributed by atoms with Gasteiger partial charge in [0.15, 0.2) is 11.6 Å². The summed E-state index contributed by atoms with van der Waals surface area (Å²) in [7, 11) is 0. The van der Waals surface area contributed by atoms with E-state index >= 15 is 0 Å². The molecule has 0 aromatic carbocycles. The minimum atomic E-state index is -0.823. The number of nitrogens with one attached hydrogen (secondary N) is 2. The van der Waals surface area contributed by atoms with Crippen molar-refractivity contribution in [2.45, 2.75) is 0 Å². The Labute approximate surface area is 102 Å². The molecule has 0 aliphatic carbocycles. The topological polar surface area (TPSA) is 100 Å². The summed E-state index contributed by atoms with van der Waals surface area (Å²) in [5.74, 6) is 3.23. The first-order chi connectivity index (χ1) is 8.63. The van der Waals surface area contributed by atoms with Gasteiger partial charge in [-0.3, -0.25) is 9.59 Å². The molecule has 8 heteroatoms. The number of nitrogen functional groups attached to an aromatic ring is 1. The molecule has 0 radical (unpaired) electrons. The van der Waals surface area contributed by atoms with Gasteiger partial charge in [0.1, 0.15) is 0 Å². The maximum atomic E-state index is 13.8. The van der Waals surface area contributed by atoms with Gasteiger partial charge in [0.05, 0.1) is 12.1 Å². The fourth-order valence-corrected chi connectivity index (χ4v) is 1.69. The van der Waals surface area contributed by atoms with E-state index in [9.17, 15) is 14.0 Å². The van der Waals surface area contributed by atoms with Crippen molar-refractivity contribution >= 4 is 17.6 Å². The Morgan fingerprint density at radius 2 is 2.39 bits per heavy atom. The Bertz CT molecular complexity index is 493. The molecule has 96 valence electrons. The van der Waals surface area contributed by atoms with Crippen LogP contribution in [0.3, 0.4) is 0 Å². The van der Waals surface area contributed by atoms with Gasteiger partial charge in [-0.1, -0.05) is 0 Å². The van der Waals surface area contributed by atoms with Crippen molar-refractivity contribution in [3.63, 3.8) is 0 Å². The van der Waals surface area contributed by atoms with Crippen molar-refractivity contribution in [1.82, 2.24) is 15.2 Å². The fraction of sp³-hybridized carbons (Fsp3) is 0.300. The van der Waals surface area contributed by atoms with Gasteiger partial charge in [-0.15, -0.1) is 0 Å². The molecule has 1 aliphatic heterocycles. The smallest absolute Gasteiger partial charge is 0.257 e. The van der Waals surface area contributed by atoms with Crippen molar-refractivity contribution in [2.75, 3.05) is 25.1 Å². The number of pyridine rings is 1. The number of piperazine rings is 1. The second kappa shape index (κ2) is 4.96. The van der Waals surface area contributed by atoms with Gasteiger partial charge >= 0.3 is 0 Å². The molecule has 0 spiro atoms. The van der Waals surface area contributed by atoms with Gasteiger partial charge in [-0.25, -0.2) is 15.2 Å². The first-order valence-corrected chi connectivity index (χ1v) is 5.30. The van der Waals surface area contributed by atoms with Gasteiger partial charge < -0.3 is 15.6 Å². The van der Waals surface area contributed by atoms with E-state index in [2.05, 4.69) is 15.7 Å². The quantitative estimate of drug-likeness (QED) is 0.467. The highest BCUT2D eigenvalue weighted by Gasteiger charge is 2.25. The maximum Gasteiger partial charge on any atom is 0.257 e. The Hall–Kier alpha value is -2.22. The van der Waals surface area contributed by atoms with Gasteiger partial charge in [-0.2, -0.15) is 0 Å². The highest BCUT2D eigenvalue weighted by atomic mass is 19.1. The summed E-state index contributed by atoms with van der Waals surface area (Å²) in [5.41, 5.74) is 1.91. The number of amides is 2. The van der Waals surface area contributed by atoms with Crippen LogP contribution in [0.1, 0.15) is 10.4 Å². The summed E-state index contributed by atoms with van der Waals surface area (Å²) >= 11 is 0. The summed E-state index contributed by atoms with van der Waals surface area (Å²) in [5, 5.41) is 2.58. The molecule has 2 rings (SSSR count). The summed E-state index contributed by atoms with van der Waals surface area (Å²) in [6.45, 7) is 0.628. The SMILES string of the molecule is NNc1nccc(C(=O)N2CCNC(=O)C2)c1F. The second-order valence-corrected chi connectivity index (χ2v) is 3.74. The van der Waals surface area contributed by atoms with Crippen LogP contribution in [-0.4, -0.2) is 41.3 Å². The minimum Gasteiger partial charge on any atom is -0.353 e. The van der Waals surface area contributed by atoms with E-state index in [0.717, 1.165) is 0 Å². The van der Waals surface area contributed by atoms with E-state index in [1.165, 1.54) is 17.2 Å². The van der Waals surface area contributed by atoms with Gasteiger partial charge in [-0.05, 0) is 6.07 Å². The molecule has 0 saturated carbocycles. The van der Waals surface area contributed by atoms with Crippen LogP contribution in [0, 0.1) is 5.82 Å². The van der Waals surface area contributed by atoms with Crippen molar-refractivity contribution in [2.24, 2.45) is 5.84 Å². The minimum absolute atomic E-state index is 0.0774. The molecule has 0 unspecified atom stereocenters. The highest BCUT2D eigenvalue weighted by molar-refractivity contribution is 5.97. The van der Waals surface area contributed by atoms with Crippen LogP contribution in [0.2, 0.25) is 0 Å². The van der Waals surface area contributed by atoms with E-state index in [1.807, 2.05) is 0 Å². The molecular formula is C10H12FN5O2. The van der Waals surface area contributed by atoms with E-state index in [1.54, 1.807) is 0 Å². The number of carbonyl (C=O) groups is 2. The van der Waals surface area contributed by atoms with Crippen LogP contribution in [0.5, 0.6) is 0 Å². The summed E-state index contributed by atoms with van der Waals surface area (Å²) in [6.07, 6.45) is 1.27. The number of carbonyl (C=O) groups excluding carboxylic acids is 2. The van der Waals surface area contributed by atoms with Crippen LogP contribution in [0.25, 0.3) is 0 Å². The van der Waals surface area contributed by atoms with Crippen LogP contribution in [0.4, 0.5) is 10.2 Å². The molecule has 0 atom stereocenters. The van der Waals surface area contributed by atoms with Crippen molar-refractivity contribution in [3.8, 4) is 0 Å². The number of nitrogens with two attached hydrogens (primary N) is 1. The number of anilines is 1. The van der Waals surface area contributed by atoms with E-state index in [0.29, 0.717) is 13.1 Å². The fourth-order valence-electron chi connectivity index (χ4n) is 1.69. The van der Waals surface area contributed by atoms with E-state index < -0.39 is 11.7 Å². The van der Waals surface area contributed by atoms with Crippen molar-refractivity contribution in [1.29, 1.82) is 0 Å². The zero-order chi connectivity index (χ0) is 13.1. The first kappa shape index (κ1) is 12.2. The molecule has 1 fully saturated rings. The standard InChI is InChI=1S/C10H12FN5O2/c11-8-6(1-2-14-9(8)15-12)10(18)16-4-3-13-7(17)5-16/h1-2H,3-5,12H2,(H,13,17)(H,14,15). The lowest BCUT2D eigenvalue weighted by Crippen LogP contribution is -2.50. The number of hydrogen-bond donors (Lipinski definition) is 3. The largest absolute Gasteiger partial charge is 0.353 e. The number of hydrazine groups is 1. The van der Waals surface area contributed by atoms with E-state index in [-0.39, 0.29) is 23.8 Å². The molecule has 1 aromatic rings. The summed E-state index contributed by atoms with van der Waals surface area (Å²) < 4.78 is 13.8. The predicted octanol–water partition coefficient (Wildman–Crippen LogP) is -0.922. The average molecular weight is 253 g/mol. The Morgan fingerprint density at radius 1 is 1.61 bits per heavy atom. The molecule has 18 heavy (non-hydrogen) atoms. The molecule has 1 aromatic heterocycles. The van der Waals surface area contributed by atoms with Gasteiger partial charge in [0.25, 0.3) is 5.91 Å². The molecule has 2 heterocycles. The van der Waals surface area contributed by atoms with Crippen molar-refractivity contribution < 1.29 is 14.0 Å². The monoisotopic (exact) mass is 253 g/mol. The zero-order valence-electron chi connectivity index (χ0n) is 9.44. The van der Waals surface area contributed by atoms with Gasteiger partial charge in [0.2, 0.25) is 5.91 Å². The van der Waals surface area contributed by atoms with Crippen molar-refractivity contribution in [3.05, 3.63) is 23.6 Å². The Kier molecular flexibility index (Phi) is 3.38. The van der Waals surface area contributed by atoms with Crippen LogP contribution in [-0.2, 0) is 4.79 Å². The second-order valence-electron chi connectivity index (χ2n) is 3.74. The maximum absolute atomic E-state index is 13.8. The number of rotatable bonds is 2. The van der Waals surface area contributed by atoms with Gasteiger partial charge in [0, 0.05) is 19.3 Å². The third kappa shape index (κ3) is 2.23. The molecule has 1 saturated heterocycles. The number of hydrogen-bond acceptors (Lipinski definition) is 5. The zero-order valence-corrected chi connectivity index (χ0v) is 9.44. The highest BCUT2D eigenvalue weighted by Crippen LogP contribution is 2.16. The number of nitrogens with zero attached hydrogens (tertiary/aromatic N) is 2.